The van der Waals surface area contributed by atoms with Crippen molar-refractivity contribution in [1.29, 1.82) is 0 Å². The lowest BCUT2D eigenvalue weighted by Gasteiger charge is -2.30. The second-order valence-electron chi connectivity index (χ2n) is 5.84. The maximum Gasteiger partial charge on any atom is 0.217 e. The first-order valence-electron chi connectivity index (χ1n) is 7.29. The summed E-state index contributed by atoms with van der Waals surface area (Å²) in [7, 11) is -3.17. The third-order valence-corrected chi connectivity index (χ3v) is 6.09. The molecule has 1 aliphatic heterocycles. The fraction of sp³-hybridized carbons (Fsp3) is 0.600. The van der Waals surface area contributed by atoms with Crippen LogP contribution in [0.3, 0.4) is 0 Å². The van der Waals surface area contributed by atoms with E-state index in [0.29, 0.717) is 24.9 Å². The van der Waals surface area contributed by atoms with Gasteiger partial charge in [-0.15, -0.1) is 0 Å². The first-order chi connectivity index (χ1) is 9.63. The van der Waals surface area contributed by atoms with Crippen molar-refractivity contribution in [1.82, 2.24) is 4.31 Å². The standard InChI is InChI=1S/C15H21NO3S/c17-20(18,9-8-19-15-4-2-1-3-5-15)16-11-13-6-7-14(10-13)12-16/h1-5,13-14H,6-12H2/t13-,14+. The summed E-state index contributed by atoms with van der Waals surface area (Å²) in [5, 5.41) is 0. The van der Waals surface area contributed by atoms with Crippen LogP contribution in [-0.4, -0.2) is 38.2 Å². The van der Waals surface area contributed by atoms with Gasteiger partial charge >= 0.3 is 0 Å². The molecule has 1 aromatic rings. The molecule has 2 fully saturated rings. The summed E-state index contributed by atoms with van der Waals surface area (Å²) in [6, 6.07) is 9.35. The number of nitrogens with zero attached hydrogens (tertiary/aromatic N) is 1. The van der Waals surface area contributed by atoms with Crippen molar-refractivity contribution in [2.24, 2.45) is 11.8 Å². The highest BCUT2D eigenvalue weighted by atomic mass is 32.2. The second-order valence-corrected chi connectivity index (χ2v) is 7.93. The first-order valence-corrected chi connectivity index (χ1v) is 8.90. The molecule has 0 spiro atoms. The van der Waals surface area contributed by atoms with Gasteiger partial charge in [-0.2, -0.15) is 0 Å². The SMILES string of the molecule is O=S(=O)(CCOc1ccccc1)N1C[C@@H]2CC[C@@H](C2)C1. The molecule has 0 radical (unpaired) electrons. The molecule has 0 amide bonds. The van der Waals surface area contributed by atoms with Crippen molar-refractivity contribution in [3.63, 3.8) is 0 Å². The lowest BCUT2D eigenvalue weighted by Crippen LogP contribution is -2.42. The van der Waals surface area contributed by atoms with Gasteiger partial charge in [0.1, 0.15) is 12.4 Å². The van der Waals surface area contributed by atoms with Crippen LogP contribution >= 0.6 is 0 Å². The lowest BCUT2D eigenvalue weighted by molar-refractivity contribution is 0.258. The zero-order valence-corrected chi connectivity index (χ0v) is 12.4. The number of rotatable bonds is 5. The summed E-state index contributed by atoms with van der Waals surface area (Å²) in [4.78, 5) is 0. The summed E-state index contributed by atoms with van der Waals surface area (Å²) in [5.74, 6) is 1.96. The summed E-state index contributed by atoms with van der Waals surface area (Å²) in [5.41, 5.74) is 0. The van der Waals surface area contributed by atoms with E-state index in [-0.39, 0.29) is 12.4 Å². The van der Waals surface area contributed by atoms with Crippen molar-refractivity contribution in [2.45, 2.75) is 19.3 Å². The van der Waals surface area contributed by atoms with E-state index >= 15 is 0 Å². The number of benzene rings is 1. The highest BCUT2D eigenvalue weighted by molar-refractivity contribution is 7.89. The summed E-state index contributed by atoms with van der Waals surface area (Å²) >= 11 is 0. The highest BCUT2D eigenvalue weighted by Crippen LogP contribution is 2.37. The Hall–Kier alpha value is -1.07. The van der Waals surface area contributed by atoms with Crippen LogP contribution in [0.1, 0.15) is 19.3 Å². The Labute approximate surface area is 120 Å². The predicted molar refractivity (Wildman–Crippen MR) is 78.1 cm³/mol. The molecule has 110 valence electrons. The number of sulfonamides is 1. The fourth-order valence-electron chi connectivity index (χ4n) is 3.30. The highest BCUT2D eigenvalue weighted by Gasteiger charge is 2.37. The molecular weight excluding hydrogens is 274 g/mol. The molecule has 1 aliphatic carbocycles. The fourth-order valence-corrected chi connectivity index (χ4v) is 4.73. The van der Waals surface area contributed by atoms with Gasteiger partial charge in [0, 0.05) is 13.1 Å². The van der Waals surface area contributed by atoms with E-state index in [9.17, 15) is 8.42 Å². The Morgan fingerprint density at radius 1 is 1.10 bits per heavy atom. The molecule has 1 heterocycles. The van der Waals surface area contributed by atoms with Gasteiger partial charge in [0.25, 0.3) is 0 Å². The molecule has 2 atom stereocenters. The smallest absolute Gasteiger partial charge is 0.217 e. The Balaban J connectivity index is 1.53. The first kappa shape index (κ1) is 13.9. The topological polar surface area (TPSA) is 46.6 Å². The van der Waals surface area contributed by atoms with Crippen LogP contribution < -0.4 is 4.74 Å². The quantitative estimate of drug-likeness (QED) is 0.836. The van der Waals surface area contributed by atoms with Crippen LogP contribution in [0.15, 0.2) is 30.3 Å². The van der Waals surface area contributed by atoms with Crippen LogP contribution in [0.25, 0.3) is 0 Å². The van der Waals surface area contributed by atoms with Gasteiger partial charge in [-0.1, -0.05) is 18.2 Å². The van der Waals surface area contributed by atoms with Crippen molar-refractivity contribution in [3.8, 4) is 5.75 Å². The van der Waals surface area contributed by atoms with Crippen molar-refractivity contribution in [2.75, 3.05) is 25.4 Å². The molecule has 2 bridgehead atoms. The minimum Gasteiger partial charge on any atom is -0.492 e. The third-order valence-electron chi connectivity index (χ3n) is 4.32. The summed E-state index contributed by atoms with van der Waals surface area (Å²) < 4.78 is 31.9. The van der Waals surface area contributed by atoms with Crippen LogP contribution in [0, 0.1) is 11.8 Å². The maximum absolute atomic E-state index is 12.3. The molecule has 0 unspecified atom stereocenters. The number of hydrogen-bond donors (Lipinski definition) is 0. The predicted octanol–water partition coefficient (Wildman–Crippen LogP) is 2.13. The summed E-state index contributed by atoms with van der Waals surface area (Å²) in [6.07, 6.45) is 3.60. The van der Waals surface area contributed by atoms with Gasteiger partial charge in [-0.3, -0.25) is 0 Å². The van der Waals surface area contributed by atoms with Gasteiger partial charge in [0.15, 0.2) is 0 Å². The molecule has 0 N–H and O–H groups in total. The molecule has 1 saturated carbocycles. The number of hydrogen-bond acceptors (Lipinski definition) is 3. The van der Waals surface area contributed by atoms with E-state index in [4.69, 9.17) is 4.74 Å². The summed E-state index contributed by atoms with van der Waals surface area (Å²) in [6.45, 7) is 1.65. The monoisotopic (exact) mass is 295 g/mol. The third kappa shape index (κ3) is 3.15. The van der Waals surface area contributed by atoms with Crippen LogP contribution in [0.4, 0.5) is 0 Å². The van der Waals surface area contributed by atoms with Crippen LogP contribution in [0.5, 0.6) is 5.75 Å². The number of piperidine rings is 1. The van der Waals surface area contributed by atoms with Gasteiger partial charge in [0.05, 0.1) is 5.75 Å². The molecular formula is C15H21NO3S. The van der Waals surface area contributed by atoms with Crippen molar-refractivity contribution in [3.05, 3.63) is 30.3 Å². The van der Waals surface area contributed by atoms with Crippen LogP contribution in [-0.2, 0) is 10.0 Å². The molecule has 1 saturated heterocycles. The van der Waals surface area contributed by atoms with Crippen LogP contribution in [0.2, 0.25) is 0 Å². The number of ether oxygens (including phenoxy) is 1. The van der Waals surface area contributed by atoms with Crippen molar-refractivity contribution < 1.29 is 13.2 Å². The van der Waals surface area contributed by atoms with E-state index in [1.807, 2.05) is 30.3 Å². The minimum absolute atomic E-state index is 0.0708. The normalized spacial score (nSPS) is 26.6. The molecule has 20 heavy (non-hydrogen) atoms. The molecule has 1 aromatic carbocycles. The van der Waals surface area contributed by atoms with E-state index in [1.165, 1.54) is 19.3 Å². The van der Waals surface area contributed by atoms with E-state index in [1.54, 1.807) is 4.31 Å². The Kier molecular flexibility index (Phi) is 3.98. The zero-order chi connectivity index (χ0) is 14.0. The number of para-hydroxylation sites is 1. The lowest BCUT2D eigenvalue weighted by atomic mass is 10.0. The van der Waals surface area contributed by atoms with E-state index in [0.717, 1.165) is 5.75 Å². The van der Waals surface area contributed by atoms with E-state index in [2.05, 4.69) is 0 Å². The molecule has 5 heteroatoms. The Bertz CT molecular complexity index is 531. The Morgan fingerprint density at radius 2 is 1.75 bits per heavy atom. The average Bonchev–Trinajstić information content (AvgIpc) is 2.78. The zero-order valence-electron chi connectivity index (χ0n) is 11.6. The molecule has 3 rings (SSSR count). The maximum atomic E-state index is 12.3. The van der Waals surface area contributed by atoms with Gasteiger partial charge in [-0.05, 0) is 43.2 Å². The largest absolute Gasteiger partial charge is 0.492 e. The molecule has 4 nitrogen and oxygen atoms in total. The van der Waals surface area contributed by atoms with Gasteiger partial charge < -0.3 is 4.74 Å². The molecule has 2 aliphatic rings. The minimum atomic E-state index is -3.17. The molecule has 0 aromatic heterocycles. The van der Waals surface area contributed by atoms with Gasteiger partial charge in [0.2, 0.25) is 10.0 Å². The van der Waals surface area contributed by atoms with Gasteiger partial charge in [-0.25, -0.2) is 12.7 Å². The Morgan fingerprint density at radius 3 is 2.40 bits per heavy atom. The van der Waals surface area contributed by atoms with Crippen molar-refractivity contribution >= 4 is 10.0 Å². The van der Waals surface area contributed by atoms with E-state index < -0.39 is 10.0 Å². The second kappa shape index (κ2) is 5.74. The number of fused-ring (bicyclic) bond motifs is 2. The average molecular weight is 295 g/mol.